The minimum atomic E-state index is -0.419. The van der Waals surface area contributed by atoms with E-state index < -0.39 is 5.91 Å². The quantitative estimate of drug-likeness (QED) is 0.411. The van der Waals surface area contributed by atoms with Gasteiger partial charge in [-0.3, -0.25) is 25.4 Å². The molecule has 0 radical (unpaired) electrons. The van der Waals surface area contributed by atoms with Gasteiger partial charge in [0.25, 0.3) is 5.91 Å². The van der Waals surface area contributed by atoms with Crippen molar-refractivity contribution >= 4 is 33.5 Å². The summed E-state index contributed by atoms with van der Waals surface area (Å²) in [7, 11) is 0. The Morgan fingerprint density at radius 2 is 1.48 bits per heavy atom. The molecule has 2 aromatic heterocycles. The Labute approximate surface area is 190 Å². The number of amides is 2. The second kappa shape index (κ2) is 8.88. The lowest BCUT2D eigenvalue weighted by atomic mass is 10.0. The van der Waals surface area contributed by atoms with Crippen LogP contribution in [-0.2, 0) is 11.2 Å². The molecule has 0 bridgehead atoms. The zero-order valence-corrected chi connectivity index (χ0v) is 17.7. The highest BCUT2D eigenvalue weighted by atomic mass is 16.2. The molecule has 2 N–H and O–H groups in total. The Morgan fingerprint density at radius 3 is 2.33 bits per heavy atom. The summed E-state index contributed by atoms with van der Waals surface area (Å²) in [6.45, 7) is 0. The molecular formula is C27H20N4O2. The average Bonchev–Trinajstić information content (AvgIpc) is 2.87. The summed E-state index contributed by atoms with van der Waals surface area (Å²) in [5, 5.41) is 2.77. The van der Waals surface area contributed by atoms with Gasteiger partial charge in [0.2, 0.25) is 5.91 Å². The first kappa shape index (κ1) is 20.3. The number of hydrazine groups is 1. The zero-order valence-electron chi connectivity index (χ0n) is 17.7. The van der Waals surface area contributed by atoms with Gasteiger partial charge in [-0.1, -0.05) is 66.7 Å². The van der Waals surface area contributed by atoms with E-state index in [-0.39, 0.29) is 12.3 Å². The summed E-state index contributed by atoms with van der Waals surface area (Å²) < 4.78 is 0. The fourth-order valence-electron chi connectivity index (χ4n) is 3.87. The maximum absolute atomic E-state index is 13.0. The van der Waals surface area contributed by atoms with E-state index in [0.717, 1.165) is 16.3 Å². The molecule has 0 spiro atoms. The fourth-order valence-corrected chi connectivity index (χ4v) is 3.87. The van der Waals surface area contributed by atoms with E-state index >= 15 is 0 Å². The molecule has 0 aliphatic carbocycles. The van der Waals surface area contributed by atoms with Crippen molar-refractivity contribution < 1.29 is 9.59 Å². The van der Waals surface area contributed by atoms with Crippen LogP contribution in [0.2, 0.25) is 0 Å². The van der Waals surface area contributed by atoms with Gasteiger partial charge in [-0.2, -0.15) is 0 Å². The lowest BCUT2D eigenvalue weighted by Crippen LogP contribution is -2.42. The number of benzene rings is 3. The minimum Gasteiger partial charge on any atom is -0.273 e. The summed E-state index contributed by atoms with van der Waals surface area (Å²) in [6.07, 6.45) is 1.83. The third kappa shape index (κ3) is 4.27. The SMILES string of the molecule is O=C(Cc1cccc2ccccc12)NNC(=O)c1cc(-c2ccccn2)nc2ccccc12. The average molecular weight is 432 g/mol. The first-order valence-corrected chi connectivity index (χ1v) is 10.6. The molecule has 2 heterocycles. The number of rotatable bonds is 4. The lowest BCUT2D eigenvalue weighted by Gasteiger charge is -2.12. The number of carbonyl (C=O) groups excluding carboxylic acids is 2. The van der Waals surface area contributed by atoms with Crippen LogP contribution in [0, 0.1) is 0 Å². The molecule has 0 saturated heterocycles. The number of pyridine rings is 2. The van der Waals surface area contributed by atoms with E-state index in [1.54, 1.807) is 12.3 Å². The molecule has 3 aromatic carbocycles. The van der Waals surface area contributed by atoms with E-state index in [4.69, 9.17) is 0 Å². The largest absolute Gasteiger partial charge is 0.273 e. The van der Waals surface area contributed by atoms with Crippen LogP contribution in [0.25, 0.3) is 33.1 Å². The van der Waals surface area contributed by atoms with Crippen LogP contribution < -0.4 is 10.9 Å². The highest BCUT2D eigenvalue weighted by Crippen LogP contribution is 2.23. The summed E-state index contributed by atoms with van der Waals surface area (Å²) in [4.78, 5) is 34.6. The number of nitrogens with zero attached hydrogens (tertiary/aromatic N) is 2. The second-order valence-corrected chi connectivity index (χ2v) is 7.60. The maximum atomic E-state index is 13.0. The van der Waals surface area contributed by atoms with Crippen LogP contribution in [0.5, 0.6) is 0 Å². The van der Waals surface area contributed by atoms with Crippen molar-refractivity contribution in [3.63, 3.8) is 0 Å². The van der Waals surface area contributed by atoms with Crippen LogP contribution in [0.1, 0.15) is 15.9 Å². The predicted octanol–water partition coefficient (Wildman–Crippen LogP) is 4.45. The van der Waals surface area contributed by atoms with E-state index in [0.29, 0.717) is 27.9 Å². The number of para-hydroxylation sites is 1. The van der Waals surface area contributed by atoms with Crippen molar-refractivity contribution in [1.82, 2.24) is 20.8 Å². The van der Waals surface area contributed by atoms with Crippen molar-refractivity contribution in [3.05, 3.63) is 108 Å². The summed E-state index contributed by atoms with van der Waals surface area (Å²) >= 11 is 0. The normalized spacial score (nSPS) is 10.8. The number of fused-ring (bicyclic) bond motifs is 2. The van der Waals surface area contributed by atoms with Gasteiger partial charge < -0.3 is 0 Å². The van der Waals surface area contributed by atoms with E-state index in [1.807, 2.05) is 84.9 Å². The molecule has 0 atom stereocenters. The van der Waals surface area contributed by atoms with Crippen LogP contribution in [0.15, 0.2) is 97.2 Å². The Morgan fingerprint density at radius 1 is 0.727 bits per heavy atom. The Hall–Kier alpha value is -4.58. The van der Waals surface area contributed by atoms with Crippen LogP contribution in [0.3, 0.4) is 0 Å². The Balaban J connectivity index is 1.37. The smallest absolute Gasteiger partial charge is 0.270 e. The van der Waals surface area contributed by atoms with Crippen LogP contribution in [0.4, 0.5) is 0 Å². The Bertz CT molecular complexity index is 1480. The maximum Gasteiger partial charge on any atom is 0.270 e. The van der Waals surface area contributed by atoms with Crippen LogP contribution >= 0.6 is 0 Å². The molecule has 0 aliphatic heterocycles. The third-order valence-electron chi connectivity index (χ3n) is 5.43. The highest BCUT2D eigenvalue weighted by Gasteiger charge is 2.15. The molecule has 6 nitrogen and oxygen atoms in total. The summed E-state index contributed by atoms with van der Waals surface area (Å²) in [6, 6.07) is 28.4. The second-order valence-electron chi connectivity index (χ2n) is 7.60. The third-order valence-corrected chi connectivity index (χ3v) is 5.43. The van der Waals surface area contributed by atoms with Gasteiger partial charge in [0.1, 0.15) is 0 Å². The lowest BCUT2D eigenvalue weighted by molar-refractivity contribution is -0.121. The van der Waals surface area contributed by atoms with Gasteiger partial charge in [0, 0.05) is 11.6 Å². The van der Waals surface area contributed by atoms with E-state index in [2.05, 4.69) is 20.8 Å². The predicted molar refractivity (Wildman–Crippen MR) is 128 cm³/mol. The zero-order chi connectivity index (χ0) is 22.6. The molecule has 2 amide bonds. The number of hydrogen-bond donors (Lipinski definition) is 2. The molecule has 5 aromatic rings. The Kier molecular flexibility index (Phi) is 5.47. The molecule has 6 heteroatoms. The summed E-state index contributed by atoms with van der Waals surface area (Å²) in [5.41, 5.74) is 8.32. The number of hydrogen-bond acceptors (Lipinski definition) is 4. The first-order chi connectivity index (χ1) is 16.2. The van der Waals surface area contributed by atoms with Crippen molar-refractivity contribution in [2.75, 3.05) is 0 Å². The molecule has 5 rings (SSSR count). The van der Waals surface area contributed by atoms with E-state index in [9.17, 15) is 9.59 Å². The van der Waals surface area contributed by atoms with Crippen molar-refractivity contribution in [1.29, 1.82) is 0 Å². The molecule has 0 aliphatic rings. The summed E-state index contributed by atoms with van der Waals surface area (Å²) in [5.74, 6) is -0.722. The van der Waals surface area contributed by atoms with Gasteiger partial charge in [-0.15, -0.1) is 0 Å². The molecule has 0 unspecified atom stereocenters. The minimum absolute atomic E-state index is 0.151. The van der Waals surface area contributed by atoms with Crippen LogP contribution in [-0.4, -0.2) is 21.8 Å². The molecule has 0 saturated carbocycles. The highest BCUT2D eigenvalue weighted by molar-refractivity contribution is 6.07. The molecule has 33 heavy (non-hydrogen) atoms. The monoisotopic (exact) mass is 432 g/mol. The number of aromatic nitrogens is 2. The van der Waals surface area contributed by atoms with Gasteiger partial charge >= 0.3 is 0 Å². The fraction of sp³-hybridized carbons (Fsp3) is 0.0370. The molecular weight excluding hydrogens is 412 g/mol. The molecule has 160 valence electrons. The van der Waals surface area contributed by atoms with Crippen molar-refractivity contribution in [2.24, 2.45) is 0 Å². The standard InChI is InChI=1S/C27H20N4O2/c32-26(16-19-10-7-9-18-8-1-2-11-20(18)19)30-31-27(33)22-17-25(24-14-5-6-15-28-24)29-23-13-4-3-12-21(22)23/h1-15,17H,16H2,(H,30,32)(H,31,33). The van der Waals surface area contributed by atoms with E-state index in [1.165, 1.54) is 0 Å². The van der Waals surface area contributed by atoms with Gasteiger partial charge in [-0.05, 0) is 40.6 Å². The van der Waals surface area contributed by atoms with Gasteiger partial charge in [0.15, 0.2) is 0 Å². The van der Waals surface area contributed by atoms with Gasteiger partial charge in [0.05, 0.1) is 28.9 Å². The molecule has 0 fully saturated rings. The van der Waals surface area contributed by atoms with Crippen molar-refractivity contribution in [3.8, 4) is 11.4 Å². The number of nitrogens with one attached hydrogen (secondary N) is 2. The first-order valence-electron chi connectivity index (χ1n) is 10.6. The van der Waals surface area contributed by atoms with Crippen molar-refractivity contribution in [2.45, 2.75) is 6.42 Å². The number of carbonyl (C=O) groups is 2. The topological polar surface area (TPSA) is 84.0 Å². The van der Waals surface area contributed by atoms with Gasteiger partial charge in [-0.25, -0.2) is 4.98 Å².